The second kappa shape index (κ2) is 14.0. The van der Waals surface area contributed by atoms with Gasteiger partial charge in [-0.25, -0.2) is 18.2 Å². The Kier molecular flexibility index (Phi) is 11.7. The van der Waals surface area contributed by atoms with E-state index in [0.29, 0.717) is 0 Å². The number of aliphatic hydroxyl groups is 1. The number of carbonyl (C=O) groups is 1. The van der Waals surface area contributed by atoms with E-state index >= 15 is 0 Å². The van der Waals surface area contributed by atoms with E-state index in [9.17, 15) is 39.9 Å². The molecule has 1 amide bonds. The summed E-state index contributed by atoms with van der Waals surface area (Å²) in [7, 11) is -5.09. The van der Waals surface area contributed by atoms with Gasteiger partial charge in [0, 0.05) is 20.5 Å². The predicted octanol–water partition coefficient (Wildman–Crippen LogP) is 4.90. The summed E-state index contributed by atoms with van der Waals surface area (Å²) in [5, 5.41) is 13.0. The zero-order chi connectivity index (χ0) is 35.4. The molecule has 0 saturated heterocycles. The summed E-state index contributed by atoms with van der Waals surface area (Å²) < 4.78 is 103. The Bertz CT molecular complexity index is 1740. The van der Waals surface area contributed by atoms with Crippen LogP contribution < -0.4 is 5.32 Å². The Morgan fingerprint density at radius 2 is 1.72 bits per heavy atom. The number of aromatic nitrogens is 1. The number of benzene rings is 1. The number of halogens is 3. The van der Waals surface area contributed by atoms with Crippen LogP contribution >= 0.6 is 0 Å². The highest BCUT2D eigenvalue weighted by molar-refractivity contribution is 7.91. The van der Waals surface area contributed by atoms with Crippen molar-refractivity contribution in [1.29, 1.82) is 0 Å². The second-order valence-electron chi connectivity index (χ2n) is 12.3. The maximum absolute atomic E-state index is 14.5. The minimum Gasteiger partial charge on any atom is -0.444 e. The molecule has 0 aliphatic rings. The summed E-state index contributed by atoms with van der Waals surface area (Å²) in [4.78, 5) is 17.3. The fourth-order valence-corrected chi connectivity index (χ4v) is 6.32. The van der Waals surface area contributed by atoms with Crippen molar-refractivity contribution in [2.75, 3.05) is 25.2 Å². The summed E-state index contributed by atoms with van der Waals surface area (Å²) >= 11 is 0. The number of nitrogens with one attached hydrogen (secondary N) is 1. The first-order valence-corrected chi connectivity index (χ1v) is 17.0. The van der Waals surface area contributed by atoms with Crippen LogP contribution in [0.2, 0.25) is 0 Å². The Morgan fingerprint density at radius 3 is 2.26 bits per heavy atom. The van der Waals surface area contributed by atoms with Gasteiger partial charge in [-0.15, -0.1) is 4.40 Å². The lowest BCUT2D eigenvalue weighted by Crippen LogP contribution is -2.49. The third-order valence-electron chi connectivity index (χ3n) is 6.39. The van der Waals surface area contributed by atoms with Crippen LogP contribution in [0.4, 0.5) is 23.7 Å². The zero-order valence-electron chi connectivity index (χ0n) is 26.9. The van der Waals surface area contributed by atoms with Crippen molar-refractivity contribution in [2.24, 2.45) is 4.40 Å². The summed E-state index contributed by atoms with van der Waals surface area (Å²) in [5.74, 6) is 4.38. The van der Waals surface area contributed by atoms with Gasteiger partial charge in [-0.3, -0.25) is 5.32 Å². The van der Waals surface area contributed by atoms with Crippen molar-refractivity contribution < 1.29 is 44.6 Å². The average molecular weight is 689 g/mol. The first kappa shape index (κ1) is 38.5. The molecule has 1 atom stereocenters. The van der Waals surface area contributed by atoms with Crippen molar-refractivity contribution >= 4 is 38.0 Å². The van der Waals surface area contributed by atoms with Gasteiger partial charge in [-0.2, -0.15) is 21.6 Å². The number of carbonyl (C=O) groups excluding carboxylic acids is 1. The van der Waals surface area contributed by atoms with Gasteiger partial charge in [0.05, 0.1) is 28.1 Å². The fourth-order valence-electron chi connectivity index (χ4n) is 4.21. The van der Waals surface area contributed by atoms with Crippen LogP contribution in [-0.4, -0.2) is 81.5 Å². The minimum atomic E-state index is -5.22. The van der Waals surface area contributed by atoms with E-state index in [4.69, 9.17) is 4.74 Å². The number of pyridine rings is 1. The van der Waals surface area contributed by atoms with Crippen molar-refractivity contribution in [3.05, 3.63) is 47.7 Å². The van der Waals surface area contributed by atoms with E-state index in [1.807, 2.05) is 0 Å². The Balaban J connectivity index is 2.59. The van der Waals surface area contributed by atoms with Gasteiger partial charge >= 0.3 is 12.3 Å². The highest BCUT2D eigenvalue weighted by Gasteiger charge is 2.55. The number of anilines is 1. The highest BCUT2D eigenvalue weighted by Crippen LogP contribution is 2.44. The molecule has 1 heterocycles. The molecule has 1 aromatic heterocycles. The van der Waals surface area contributed by atoms with Crippen LogP contribution in [0.3, 0.4) is 0 Å². The number of alkyl halides is 3. The largest absolute Gasteiger partial charge is 0.444 e. The van der Waals surface area contributed by atoms with Crippen molar-refractivity contribution in [2.45, 2.75) is 87.1 Å². The van der Waals surface area contributed by atoms with E-state index < -0.39 is 66.6 Å². The Labute approximate surface area is 268 Å². The molecule has 2 N–H and O–H groups in total. The SMILES string of the molecule is CCS(=O)(=O)c1cc(C#CCC(O)(CC(C)(C)c2ccccc2S(=O)(=O)/N=C/N(C)C)C(F)(F)F)c(NC(=O)OC(C)(C)C)cn1. The molecule has 2 aromatic rings. The Morgan fingerprint density at radius 1 is 1.11 bits per heavy atom. The van der Waals surface area contributed by atoms with Crippen molar-refractivity contribution in [1.82, 2.24) is 9.88 Å². The monoisotopic (exact) mass is 688 g/mol. The molecule has 0 radical (unpaired) electrons. The van der Waals surface area contributed by atoms with Gasteiger partial charge in [-0.1, -0.05) is 50.8 Å². The molecular weight excluding hydrogens is 649 g/mol. The van der Waals surface area contributed by atoms with Crippen molar-refractivity contribution in [3.8, 4) is 11.8 Å². The zero-order valence-corrected chi connectivity index (χ0v) is 28.5. The number of hydrogen-bond donors (Lipinski definition) is 2. The number of nitrogens with zero attached hydrogens (tertiary/aromatic N) is 3. The molecule has 0 saturated carbocycles. The molecule has 0 aliphatic heterocycles. The van der Waals surface area contributed by atoms with Gasteiger partial charge in [0.15, 0.2) is 20.5 Å². The van der Waals surface area contributed by atoms with Crippen LogP contribution in [0.1, 0.15) is 65.5 Å². The molecule has 254 valence electrons. The summed E-state index contributed by atoms with van der Waals surface area (Å²) in [6, 6.07) is 6.44. The van der Waals surface area contributed by atoms with E-state index in [2.05, 4.69) is 26.5 Å². The average Bonchev–Trinajstić information content (AvgIpc) is 2.91. The highest BCUT2D eigenvalue weighted by atomic mass is 32.2. The predicted molar refractivity (Wildman–Crippen MR) is 168 cm³/mol. The lowest BCUT2D eigenvalue weighted by atomic mass is 9.74. The van der Waals surface area contributed by atoms with Gasteiger partial charge in [0.1, 0.15) is 11.9 Å². The molecule has 46 heavy (non-hydrogen) atoms. The molecule has 0 fully saturated rings. The molecular formula is C30H39F3N4O7S2. The molecule has 11 nitrogen and oxygen atoms in total. The van der Waals surface area contributed by atoms with Crippen LogP contribution in [0, 0.1) is 11.8 Å². The van der Waals surface area contributed by atoms with Crippen molar-refractivity contribution in [3.63, 3.8) is 0 Å². The number of sulfonamides is 1. The van der Waals surface area contributed by atoms with Crippen LogP contribution in [0.15, 0.2) is 50.8 Å². The second-order valence-corrected chi connectivity index (χ2v) is 16.1. The number of ether oxygens (including phenoxy) is 1. The van der Waals surface area contributed by atoms with Gasteiger partial charge < -0.3 is 14.7 Å². The van der Waals surface area contributed by atoms with E-state index in [1.165, 1.54) is 49.9 Å². The maximum Gasteiger partial charge on any atom is 0.418 e. The number of amides is 1. The topological polar surface area (TPSA) is 155 Å². The minimum absolute atomic E-state index is 0.00562. The standard InChI is InChI=1S/C30H39F3N4O7S2/c1-9-45(40,41)25-17-21(23(18-34-25)36-26(38)44-27(2,3)4)13-12-16-29(39,30(31,32)33)19-28(5,6)22-14-10-11-15-24(22)46(42,43)35-20-37(7)8/h10-11,14-15,17-18,20,39H,9,16,19H2,1-8H3,(H,36,38)/b35-20+. The smallest absolute Gasteiger partial charge is 0.418 e. The fraction of sp³-hybridized carbons (Fsp3) is 0.500. The number of hydrogen-bond acceptors (Lipinski definition) is 8. The third-order valence-corrected chi connectivity index (χ3v) is 9.29. The first-order valence-electron chi connectivity index (χ1n) is 13.9. The lowest BCUT2D eigenvalue weighted by molar-refractivity contribution is -0.264. The number of sulfone groups is 1. The van der Waals surface area contributed by atoms with E-state index in [-0.39, 0.29) is 27.5 Å². The summed E-state index contributed by atoms with van der Waals surface area (Å²) in [5.41, 5.74) is -6.25. The van der Waals surface area contributed by atoms with Gasteiger partial charge in [0.2, 0.25) is 0 Å². The molecule has 1 aromatic carbocycles. The summed E-state index contributed by atoms with van der Waals surface area (Å²) in [6.07, 6.45) is -6.31. The lowest BCUT2D eigenvalue weighted by Gasteiger charge is -2.37. The molecule has 0 spiro atoms. The first-order chi connectivity index (χ1) is 20.8. The van der Waals surface area contributed by atoms with Crippen LogP contribution in [0.5, 0.6) is 0 Å². The van der Waals surface area contributed by atoms with Gasteiger partial charge in [-0.05, 0) is 50.3 Å². The molecule has 2 rings (SSSR count). The van der Waals surface area contributed by atoms with Crippen LogP contribution in [-0.2, 0) is 30.0 Å². The van der Waals surface area contributed by atoms with Crippen LogP contribution in [0.25, 0.3) is 0 Å². The molecule has 1 unspecified atom stereocenters. The Hall–Kier alpha value is -3.68. The molecule has 16 heteroatoms. The molecule has 0 bridgehead atoms. The number of rotatable bonds is 10. The van der Waals surface area contributed by atoms with E-state index in [1.54, 1.807) is 34.9 Å². The quantitative estimate of drug-likeness (QED) is 0.201. The molecule has 0 aliphatic carbocycles. The maximum atomic E-state index is 14.5. The van der Waals surface area contributed by atoms with E-state index in [0.717, 1.165) is 18.6 Å². The normalized spacial score (nSPS) is 14.3. The summed E-state index contributed by atoms with van der Waals surface area (Å²) in [6.45, 7) is 8.90. The van der Waals surface area contributed by atoms with Gasteiger partial charge in [0.25, 0.3) is 10.0 Å². The third kappa shape index (κ3) is 10.2.